The zero-order valence-electron chi connectivity index (χ0n) is 14.1. The Morgan fingerprint density at radius 3 is 2.88 bits per heavy atom. The summed E-state index contributed by atoms with van der Waals surface area (Å²) >= 11 is 5.55. The molecule has 5 heteroatoms. The highest BCUT2D eigenvalue weighted by Crippen LogP contribution is 2.49. The summed E-state index contributed by atoms with van der Waals surface area (Å²) in [5, 5.41) is 3.43. The molecule has 4 nitrogen and oxygen atoms in total. The summed E-state index contributed by atoms with van der Waals surface area (Å²) in [5.41, 5.74) is 6.20. The molecule has 0 spiro atoms. The lowest BCUT2D eigenvalue weighted by Crippen LogP contribution is -2.31. The summed E-state index contributed by atoms with van der Waals surface area (Å²) in [6.07, 6.45) is -0.171. The van der Waals surface area contributed by atoms with Gasteiger partial charge in [0.1, 0.15) is 23.4 Å². The van der Waals surface area contributed by atoms with Gasteiger partial charge in [-0.25, -0.2) is 0 Å². The van der Waals surface area contributed by atoms with E-state index in [1.54, 1.807) is 0 Å². The Morgan fingerprint density at radius 1 is 1.20 bits per heavy atom. The molecule has 0 aliphatic carbocycles. The minimum absolute atomic E-state index is 0.171. The van der Waals surface area contributed by atoms with Crippen LogP contribution in [0.1, 0.15) is 34.3 Å². The first-order chi connectivity index (χ1) is 12.2. The molecule has 5 rings (SSSR count). The molecule has 0 saturated carbocycles. The van der Waals surface area contributed by atoms with E-state index in [-0.39, 0.29) is 6.10 Å². The van der Waals surface area contributed by atoms with Gasteiger partial charge in [0.2, 0.25) is 0 Å². The second-order valence-electron chi connectivity index (χ2n) is 6.98. The molecular formula is C20H20N2O2S. The number of ether oxygens (including phenoxy) is 2. The van der Waals surface area contributed by atoms with Crippen molar-refractivity contribution in [1.82, 2.24) is 4.90 Å². The van der Waals surface area contributed by atoms with Gasteiger partial charge in [-0.05, 0) is 29.8 Å². The molecule has 2 aromatic rings. The lowest BCUT2D eigenvalue weighted by Gasteiger charge is -2.34. The lowest BCUT2D eigenvalue weighted by molar-refractivity contribution is 0.0908. The van der Waals surface area contributed by atoms with Crippen LogP contribution < -0.4 is 10.1 Å². The highest BCUT2D eigenvalue weighted by Gasteiger charge is 2.39. The minimum atomic E-state index is -0.171. The maximum absolute atomic E-state index is 6.03. The van der Waals surface area contributed by atoms with Gasteiger partial charge in [-0.3, -0.25) is 0 Å². The summed E-state index contributed by atoms with van der Waals surface area (Å²) in [4.78, 5) is 3.12. The third kappa shape index (κ3) is 2.38. The fourth-order valence-corrected chi connectivity index (χ4v) is 4.54. The Hall–Kier alpha value is -1.95. The van der Waals surface area contributed by atoms with Crippen molar-refractivity contribution in [3.8, 4) is 5.75 Å². The van der Waals surface area contributed by atoms with E-state index in [1.165, 1.54) is 16.7 Å². The molecule has 0 amide bonds. The molecule has 2 atom stereocenters. The predicted molar refractivity (Wildman–Crippen MR) is 101 cm³/mol. The van der Waals surface area contributed by atoms with E-state index in [4.69, 9.17) is 21.7 Å². The second kappa shape index (κ2) is 5.80. The summed E-state index contributed by atoms with van der Waals surface area (Å²) in [7, 11) is 2.18. The average Bonchev–Trinajstić information content (AvgIpc) is 2.82. The molecule has 25 heavy (non-hydrogen) atoms. The van der Waals surface area contributed by atoms with Gasteiger partial charge >= 0.3 is 0 Å². The highest BCUT2D eigenvalue weighted by molar-refractivity contribution is 7.80. The Kier molecular flexibility index (Phi) is 3.55. The van der Waals surface area contributed by atoms with Crippen LogP contribution in [0.4, 0.5) is 5.69 Å². The lowest BCUT2D eigenvalue weighted by atomic mass is 9.83. The first kappa shape index (κ1) is 15.3. The topological polar surface area (TPSA) is 33.7 Å². The average molecular weight is 352 g/mol. The summed E-state index contributed by atoms with van der Waals surface area (Å²) in [5.74, 6) is 1.26. The molecule has 0 saturated heterocycles. The molecule has 3 aliphatic heterocycles. The van der Waals surface area contributed by atoms with E-state index in [2.05, 4.69) is 53.7 Å². The first-order valence-electron chi connectivity index (χ1n) is 8.71. The van der Waals surface area contributed by atoms with Crippen LogP contribution in [-0.4, -0.2) is 36.7 Å². The van der Waals surface area contributed by atoms with E-state index in [0.717, 1.165) is 35.1 Å². The molecule has 0 bridgehead atoms. The van der Waals surface area contributed by atoms with E-state index in [1.807, 2.05) is 0 Å². The number of rotatable bonds is 1. The molecule has 0 fully saturated rings. The van der Waals surface area contributed by atoms with Crippen LogP contribution in [0, 0.1) is 0 Å². The molecular weight excluding hydrogens is 332 g/mol. The Morgan fingerprint density at radius 2 is 2.04 bits per heavy atom. The zero-order chi connectivity index (χ0) is 17.0. The van der Waals surface area contributed by atoms with Crippen LogP contribution in [0.5, 0.6) is 5.75 Å². The number of benzene rings is 2. The Bertz CT molecular complexity index is 853. The number of nitrogens with zero attached hydrogens (tertiary/aromatic N) is 1. The molecule has 2 aromatic carbocycles. The van der Waals surface area contributed by atoms with Gasteiger partial charge in [-0.15, -0.1) is 0 Å². The normalized spacial score (nSPS) is 24.8. The molecule has 128 valence electrons. The number of anilines is 1. The number of hydrogen-bond donors (Lipinski definition) is 1. The third-order valence-corrected chi connectivity index (χ3v) is 5.66. The van der Waals surface area contributed by atoms with E-state index in [9.17, 15) is 0 Å². The predicted octanol–water partition coefficient (Wildman–Crippen LogP) is 3.47. The van der Waals surface area contributed by atoms with Crippen LogP contribution in [0.25, 0.3) is 0 Å². The molecule has 2 unspecified atom stereocenters. The quantitative estimate of drug-likeness (QED) is 0.795. The van der Waals surface area contributed by atoms with Crippen molar-refractivity contribution in [3.63, 3.8) is 0 Å². The van der Waals surface area contributed by atoms with Gasteiger partial charge in [0.15, 0.2) is 0 Å². The van der Waals surface area contributed by atoms with Crippen LogP contribution >= 0.6 is 12.2 Å². The van der Waals surface area contributed by atoms with Gasteiger partial charge in [0, 0.05) is 19.0 Å². The standard InChI is InChI=1S/C20H20N2O2S/c1-22-10-14(12-5-3-2-4-6-12)13-9-16-17-18(15(13)11-22)21-20(25)19(17)24-8-7-23-16/h2-6,9,14,19H,7-8,10-11H2,1H3,(H,21,25). The maximum Gasteiger partial charge on any atom is 0.138 e. The maximum atomic E-state index is 6.03. The van der Waals surface area contributed by atoms with E-state index < -0.39 is 0 Å². The number of hydrogen-bond acceptors (Lipinski definition) is 4. The van der Waals surface area contributed by atoms with E-state index in [0.29, 0.717) is 19.1 Å². The number of nitrogens with one attached hydrogen (secondary N) is 1. The van der Waals surface area contributed by atoms with Gasteiger partial charge in [-0.1, -0.05) is 42.5 Å². The first-order valence-corrected chi connectivity index (χ1v) is 9.11. The minimum Gasteiger partial charge on any atom is -0.491 e. The van der Waals surface area contributed by atoms with Gasteiger partial charge in [0.25, 0.3) is 0 Å². The number of fused-ring (bicyclic) bond motifs is 2. The monoisotopic (exact) mass is 352 g/mol. The van der Waals surface area contributed by atoms with Crippen molar-refractivity contribution in [1.29, 1.82) is 0 Å². The Balaban J connectivity index is 1.72. The van der Waals surface area contributed by atoms with Crippen molar-refractivity contribution < 1.29 is 9.47 Å². The van der Waals surface area contributed by atoms with Crippen LogP contribution in [0.15, 0.2) is 36.4 Å². The van der Waals surface area contributed by atoms with Gasteiger partial charge < -0.3 is 19.7 Å². The van der Waals surface area contributed by atoms with E-state index >= 15 is 0 Å². The SMILES string of the molecule is CN1Cc2c(cc3c4c2NC(=S)C4OCCO3)C(c2ccccc2)C1. The fourth-order valence-electron chi connectivity index (χ4n) is 4.25. The molecule has 0 radical (unpaired) electrons. The van der Waals surface area contributed by atoms with Crippen molar-refractivity contribution in [3.05, 3.63) is 58.7 Å². The van der Waals surface area contributed by atoms with Crippen molar-refractivity contribution in [2.45, 2.75) is 18.6 Å². The van der Waals surface area contributed by atoms with Gasteiger partial charge in [-0.2, -0.15) is 0 Å². The number of thiocarbonyl (C=S) groups is 1. The smallest absolute Gasteiger partial charge is 0.138 e. The molecule has 3 heterocycles. The molecule has 0 aromatic heterocycles. The van der Waals surface area contributed by atoms with Gasteiger partial charge in [0.05, 0.1) is 17.9 Å². The molecule has 1 N–H and O–H groups in total. The molecule has 3 aliphatic rings. The zero-order valence-corrected chi connectivity index (χ0v) is 14.9. The van der Waals surface area contributed by atoms with Crippen LogP contribution in [-0.2, 0) is 11.3 Å². The van der Waals surface area contributed by atoms with Crippen LogP contribution in [0.3, 0.4) is 0 Å². The largest absolute Gasteiger partial charge is 0.491 e. The summed E-state index contributed by atoms with van der Waals surface area (Å²) < 4.78 is 12.0. The number of likely N-dealkylation sites (N-methyl/N-ethyl adjacent to an activating group) is 1. The second-order valence-corrected chi connectivity index (χ2v) is 7.42. The highest BCUT2D eigenvalue weighted by atomic mass is 32.1. The third-order valence-electron chi connectivity index (χ3n) is 5.35. The van der Waals surface area contributed by atoms with Crippen molar-refractivity contribution in [2.24, 2.45) is 0 Å². The summed E-state index contributed by atoms with van der Waals surface area (Å²) in [6, 6.07) is 12.9. The fraction of sp³-hybridized carbons (Fsp3) is 0.350. The Labute approximate surface area is 152 Å². The van der Waals surface area contributed by atoms with Crippen LogP contribution in [0.2, 0.25) is 0 Å². The summed E-state index contributed by atoms with van der Waals surface area (Å²) in [6.45, 7) is 3.04. The van der Waals surface area contributed by atoms with Crippen molar-refractivity contribution in [2.75, 3.05) is 32.1 Å². The van der Waals surface area contributed by atoms with Crippen molar-refractivity contribution >= 4 is 22.9 Å².